The number of hydrogen-bond donors (Lipinski definition) is 1. The van der Waals surface area contributed by atoms with Crippen molar-refractivity contribution in [3.8, 4) is 0 Å². The molecule has 13 heavy (non-hydrogen) atoms. The van der Waals surface area contributed by atoms with Crippen LogP contribution in [0.2, 0.25) is 0 Å². The Labute approximate surface area is 80.3 Å². The van der Waals surface area contributed by atoms with Crippen molar-refractivity contribution in [1.29, 1.82) is 0 Å². The fourth-order valence-electron chi connectivity index (χ4n) is 0.715. The monoisotopic (exact) mass is 191 g/mol. The third-order valence-electron chi connectivity index (χ3n) is 1.61. The molecule has 4 heteroatoms. The summed E-state index contributed by atoms with van der Waals surface area (Å²) in [5, 5.41) is 0. The molecule has 0 aromatic heterocycles. The van der Waals surface area contributed by atoms with Gasteiger partial charge in [0.15, 0.2) is 0 Å². The van der Waals surface area contributed by atoms with Gasteiger partial charge in [0.05, 0.1) is 33.0 Å². The maximum absolute atomic E-state index is 5.42. The molecule has 4 nitrogen and oxygen atoms in total. The Morgan fingerprint density at radius 1 is 1.08 bits per heavy atom. The summed E-state index contributed by atoms with van der Waals surface area (Å²) < 4.78 is 15.4. The van der Waals surface area contributed by atoms with E-state index in [1.165, 1.54) is 0 Å². The van der Waals surface area contributed by atoms with Crippen molar-refractivity contribution in [2.75, 3.05) is 46.7 Å². The highest BCUT2D eigenvalue weighted by Gasteiger charge is 1.97. The van der Waals surface area contributed by atoms with Gasteiger partial charge >= 0.3 is 0 Å². The van der Waals surface area contributed by atoms with Crippen LogP contribution >= 0.6 is 0 Å². The van der Waals surface area contributed by atoms with E-state index in [0.717, 1.165) is 0 Å². The van der Waals surface area contributed by atoms with Crippen molar-refractivity contribution < 1.29 is 14.2 Å². The van der Waals surface area contributed by atoms with Gasteiger partial charge in [0.25, 0.3) is 0 Å². The van der Waals surface area contributed by atoms with Crippen LogP contribution in [0.3, 0.4) is 0 Å². The highest BCUT2D eigenvalue weighted by molar-refractivity contribution is 4.49. The van der Waals surface area contributed by atoms with Crippen molar-refractivity contribution in [3.63, 3.8) is 0 Å². The lowest BCUT2D eigenvalue weighted by atomic mass is 10.2. The first-order valence-electron chi connectivity index (χ1n) is 4.65. The molecule has 1 unspecified atom stereocenters. The van der Waals surface area contributed by atoms with E-state index in [1.807, 2.05) is 0 Å². The summed E-state index contributed by atoms with van der Waals surface area (Å²) in [5.41, 5.74) is 5.42. The van der Waals surface area contributed by atoms with Gasteiger partial charge in [-0.05, 0) is 12.5 Å². The SMILES string of the molecule is COCCOCCOCC(C)CN. The zero-order valence-electron chi connectivity index (χ0n) is 8.62. The minimum Gasteiger partial charge on any atom is -0.382 e. The van der Waals surface area contributed by atoms with E-state index in [4.69, 9.17) is 19.9 Å². The van der Waals surface area contributed by atoms with Crippen molar-refractivity contribution in [2.24, 2.45) is 11.7 Å². The molecule has 0 saturated heterocycles. The smallest absolute Gasteiger partial charge is 0.0701 e. The molecule has 0 aromatic carbocycles. The quantitative estimate of drug-likeness (QED) is 0.531. The van der Waals surface area contributed by atoms with Gasteiger partial charge in [-0.25, -0.2) is 0 Å². The second-order valence-electron chi connectivity index (χ2n) is 3.02. The zero-order valence-corrected chi connectivity index (χ0v) is 8.62. The number of hydrogen-bond acceptors (Lipinski definition) is 4. The Kier molecular flexibility index (Phi) is 9.80. The van der Waals surface area contributed by atoms with Gasteiger partial charge in [-0.15, -0.1) is 0 Å². The Morgan fingerprint density at radius 2 is 1.69 bits per heavy atom. The summed E-state index contributed by atoms with van der Waals surface area (Å²) in [6, 6.07) is 0. The third-order valence-corrected chi connectivity index (χ3v) is 1.61. The van der Waals surface area contributed by atoms with Crippen LogP contribution in [0.1, 0.15) is 6.92 Å². The number of rotatable bonds is 9. The molecule has 0 radical (unpaired) electrons. The topological polar surface area (TPSA) is 53.7 Å². The van der Waals surface area contributed by atoms with Crippen LogP contribution in [0.4, 0.5) is 0 Å². The van der Waals surface area contributed by atoms with E-state index in [-0.39, 0.29) is 0 Å². The minimum atomic E-state index is 0.430. The molecule has 0 spiro atoms. The Balaban J connectivity index is 2.91. The molecule has 0 amide bonds. The zero-order chi connectivity index (χ0) is 9.94. The predicted octanol–water partition coefficient (Wildman–Crippen LogP) is 0.261. The molecule has 0 heterocycles. The van der Waals surface area contributed by atoms with Crippen LogP contribution in [-0.4, -0.2) is 46.7 Å². The molecule has 1 atom stereocenters. The van der Waals surface area contributed by atoms with E-state index < -0.39 is 0 Å². The lowest BCUT2D eigenvalue weighted by Gasteiger charge is -2.09. The maximum atomic E-state index is 5.42. The summed E-state index contributed by atoms with van der Waals surface area (Å²) in [6.45, 7) is 5.97. The van der Waals surface area contributed by atoms with E-state index >= 15 is 0 Å². The number of nitrogens with two attached hydrogens (primary N) is 1. The molecular formula is C9H21NO3. The minimum absolute atomic E-state index is 0.430. The molecule has 0 aliphatic rings. The second kappa shape index (κ2) is 9.92. The first-order chi connectivity index (χ1) is 6.31. The number of ether oxygens (including phenoxy) is 3. The Hall–Kier alpha value is -0.160. The van der Waals surface area contributed by atoms with E-state index in [2.05, 4.69) is 6.92 Å². The normalized spacial score (nSPS) is 13.2. The van der Waals surface area contributed by atoms with Crippen molar-refractivity contribution >= 4 is 0 Å². The lowest BCUT2D eigenvalue weighted by molar-refractivity contribution is 0.0177. The molecule has 0 aromatic rings. The van der Waals surface area contributed by atoms with Gasteiger partial charge in [0, 0.05) is 7.11 Å². The van der Waals surface area contributed by atoms with E-state index in [1.54, 1.807) is 7.11 Å². The number of methoxy groups -OCH3 is 1. The van der Waals surface area contributed by atoms with Crippen LogP contribution in [0.25, 0.3) is 0 Å². The average Bonchev–Trinajstić information content (AvgIpc) is 2.16. The fourth-order valence-corrected chi connectivity index (χ4v) is 0.715. The van der Waals surface area contributed by atoms with Crippen LogP contribution in [0.15, 0.2) is 0 Å². The molecule has 0 aliphatic carbocycles. The summed E-state index contributed by atoms with van der Waals surface area (Å²) in [5.74, 6) is 0.430. The fraction of sp³-hybridized carbons (Fsp3) is 1.00. The Bertz CT molecular complexity index is 101. The van der Waals surface area contributed by atoms with Crippen molar-refractivity contribution in [2.45, 2.75) is 6.92 Å². The van der Waals surface area contributed by atoms with Crippen LogP contribution in [0, 0.1) is 5.92 Å². The highest BCUT2D eigenvalue weighted by Crippen LogP contribution is 1.91. The molecule has 2 N–H and O–H groups in total. The van der Waals surface area contributed by atoms with Crippen LogP contribution < -0.4 is 5.73 Å². The van der Waals surface area contributed by atoms with Crippen LogP contribution in [0.5, 0.6) is 0 Å². The standard InChI is InChI=1S/C9H21NO3/c1-9(7-10)8-13-6-5-12-4-3-11-2/h9H,3-8,10H2,1-2H3. The molecular weight excluding hydrogens is 170 g/mol. The average molecular weight is 191 g/mol. The molecule has 0 aliphatic heterocycles. The van der Waals surface area contributed by atoms with E-state index in [0.29, 0.717) is 45.5 Å². The maximum Gasteiger partial charge on any atom is 0.0701 e. The van der Waals surface area contributed by atoms with Crippen LogP contribution in [-0.2, 0) is 14.2 Å². The van der Waals surface area contributed by atoms with Crippen molar-refractivity contribution in [1.82, 2.24) is 0 Å². The molecule has 0 rings (SSSR count). The van der Waals surface area contributed by atoms with Crippen molar-refractivity contribution in [3.05, 3.63) is 0 Å². The first kappa shape index (κ1) is 12.8. The second-order valence-corrected chi connectivity index (χ2v) is 3.02. The summed E-state index contributed by atoms with van der Waals surface area (Å²) in [4.78, 5) is 0. The molecule has 80 valence electrons. The Morgan fingerprint density at radius 3 is 2.31 bits per heavy atom. The lowest BCUT2D eigenvalue weighted by Crippen LogP contribution is -2.18. The summed E-state index contributed by atoms with van der Waals surface area (Å²) in [7, 11) is 1.66. The first-order valence-corrected chi connectivity index (χ1v) is 4.65. The summed E-state index contributed by atoms with van der Waals surface area (Å²) >= 11 is 0. The van der Waals surface area contributed by atoms with Gasteiger partial charge < -0.3 is 19.9 Å². The summed E-state index contributed by atoms with van der Waals surface area (Å²) in [6.07, 6.45) is 0. The highest BCUT2D eigenvalue weighted by atomic mass is 16.5. The van der Waals surface area contributed by atoms with Gasteiger partial charge in [0.2, 0.25) is 0 Å². The van der Waals surface area contributed by atoms with E-state index in [9.17, 15) is 0 Å². The van der Waals surface area contributed by atoms with Gasteiger partial charge in [-0.3, -0.25) is 0 Å². The third kappa shape index (κ3) is 9.76. The molecule has 0 bridgehead atoms. The predicted molar refractivity (Wildman–Crippen MR) is 51.7 cm³/mol. The molecule has 0 fully saturated rings. The molecule has 0 saturated carbocycles. The van der Waals surface area contributed by atoms with Gasteiger partial charge in [-0.2, -0.15) is 0 Å². The van der Waals surface area contributed by atoms with Gasteiger partial charge in [0.1, 0.15) is 0 Å². The van der Waals surface area contributed by atoms with Gasteiger partial charge in [-0.1, -0.05) is 6.92 Å². The largest absolute Gasteiger partial charge is 0.382 e.